The molecule has 3 N–H and O–H groups in total. The summed E-state index contributed by atoms with van der Waals surface area (Å²) in [7, 11) is -0.549. The summed E-state index contributed by atoms with van der Waals surface area (Å²) in [4.78, 5) is 24.6. The van der Waals surface area contributed by atoms with Crippen molar-refractivity contribution < 1.29 is 19.0 Å². The minimum Gasteiger partial charge on any atom is -0.468 e. The number of furan rings is 1. The molecule has 0 saturated carbocycles. The third-order valence-corrected chi connectivity index (χ3v) is 4.48. The predicted molar refractivity (Wildman–Crippen MR) is 101 cm³/mol. The largest absolute Gasteiger partial charge is 0.468 e. The number of rotatable bonds is 6. The number of hydrogen-bond donors (Lipinski definition) is 3. The van der Waals surface area contributed by atoms with Crippen LogP contribution in [0.3, 0.4) is 0 Å². The van der Waals surface area contributed by atoms with Crippen molar-refractivity contribution in [3.05, 3.63) is 53.0 Å². The Morgan fingerprint density at radius 2 is 2.04 bits per heavy atom. The fraction of sp³-hybridized carbons (Fsp3) is 0.368. The Hall–Kier alpha value is -2.38. The molecule has 0 saturated heterocycles. The fourth-order valence-electron chi connectivity index (χ4n) is 3.34. The van der Waals surface area contributed by atoms with Gasteiger partial charge in [0.2, 0.25) is 0 Å². The molecule has 1 aromatic carbocycles. The summed E-state index contributed by atoms with van der Waals surface area (Å²) in [5, 5.41) is 15.2. The maximum absolute atomic E-state index is 12.5. The number of aryl methyl sites for hydroxylation is 1. The molecule has 26 heavy (non-hydrogen) atoms. The zero-order chi connectivity index (χ0) is 18.7. The number of Topliss-reactive ketones (excluding diaryl/α,β-unsaturated/α-hetero) is 1. The number of nitrogens with one attached hydrogen (secondary N) is 2. The normalized spacial score (nSPS) is 14.7. The minimum absolute atomic E-state index is 0.0277. The zero-order valence-corrected chi connectivity index (χ0v) is 15.0. The van der Waals surface area contributed by atoms with Gasteiger partial charge in [-0.2, -0.15) is 0 Å². The maximum atomic E-state index is 12.5. The van der Waals surface area contributed by atoms with Gasteiger partial charge in [-0.3, -0.25) is 9.59 Å². The highest BCUT2D eigenvalue weighted by Crippen LogP contribution is 2.27. The Morgan fingerprint density at radius 3 is 2.73 bits per heavy atom. The van der Waals surface area contributed by atoms with Gasteiger partial charge in [0.15, 0.2) is 5.78 Å². The van der Waals surface area contributed by atoms with E-state index >= 15 is 0 Å². The third kappa shape index (κ3) is 4.23. The maximum Gasteiger partial charge on any atom is 0.373 e. The summed E-state index contributed by atoms with van der Waals surface area (Å²) in [6, 6.07) is 7.67. The predicted octanol–water partition coefficient (Wildman–Crippen LogP) is 2.68. The van der Waals surface area contributed by atoms with E-state index in [4.69, 9.17) is 4.42 Å². The van der Waals surface area contributed by atoms with Crippen LogP contribution in [0.25, 0.3) is 0 Å². The lowest BCUT2D eigenvalue weighted by Crippen LogP contribution is -2.39. The highest BCUT2D eigenvalue weighted by Gasteiger charge is 2.27. The molecule has 0 fully saturated rings. The summed E-state index contributed by atoms with van der Waals surface area (Å²) in [6.45, 7) is 3.69. The molecule has 3 rings (SSSR count). The number of carbonyl (C=O) groups is 2. The van der Waals surface area contributed by atoms with Crippen molar-refractivity contribution in [2.75, 3.05) is 5.32 Å². The van der Waals surface area contributed by atoms with Crippen LogP contribution in [0, 0.1) is 0 Å². The molecule has 136 valence electrons. The lowest BCUT2D eigenvalue weighted by atomic mass is 9.86. The van der Waals surface area contributed by atoms with Gasteiger partial charge in [-0.1, -0.05) is 19.1 Å². The second-order valence-corrected chi connectivity index (χ2v) is 6.82. The van der Waals surface area contributed by atoms with Crippen molar-refractivity contribution in [1.29, 1.82) is 0 Å². The number of amides is 1. The van der Waals surface area contributed by atoms with Crippen molar-refractivity contribution in [1.82, 2.24) is 5.23 Å². The van der Waals surface area contributed by atoms with Crippen LogP contribution in [0.2, 0.25) is 6.82 Å². The highest BCUT2D eigenvalue weighted by molar-refractivity contribution is 6.45. The van der Waals surface area contributed by atoms with Crippen LogP contribution < -0.4 is 10.5 Å². The molecule has 1 heterocycles. The Bertz CT molecular complexity index is 798. The Labute approximate surface area is 153 Å². The smallest absolute Gasteiger partial charge is 0.373 e. The van der Waals surface area contributed by atoms with Gasteiger partial charge in [0.25, 0.3) is 5.91 Å². The molecular formula is C19H23BN2O4. The first-order valence-corrected chi connectivity index (χ1v) is 8.92. The van der Waals surface area contributed by atoms with Crippen LogP contribution in [-0.4, -0.2) is 29.8 Å². The van der Waals surface area contributed by atoms with Crippen LogP contribution in [0.4, 0.5) is 5.69 Å². The Morgan fingerprint density at radius 1 is 1.31 bits per heavy atom. The Kier molecular flexibility index (Phi) is 5.59. The van der Waals surface area contributed by atoms with E-state index in [0.717, 1.165) is 18.4 Å². The van der Waals surface area contributed by atoms with Crippen molar-refractivity contribution >= 4 is 24.4 Å². The molecule has 0 spiro atoms. The van der Waals surface area contributed by atoms with Gasteiger partial charge >= 0.3 is 7.05 Å². The molecule has 1 unspecified atom stereocenters. The molecule has 0 radical (unpaired) electrons. The Balaban J connectivity index is 1.65. The van der Waals surface area contributed by atoms with Crippen molar-refractivity contribution in [3.8, 4) is 0 Å². The van der Waals surface area contributed by atoms with Gasteiger partial charge in [-0.15, -0.1) is 0 Å². The molecule has 1 amide bonds. The van der Waals surface area contributed by atoms with Gasteiger partial charge in [0.05, 0.1) is 11.1 Å². The molecule has 6 nitrogen and oxygen atoms in total. The van der Waals surface area contributed by atoms with Crippen LogP contribution in [0.5, 0.6) is 0 Å². The van der Waals surface area contributed by atoms with Crippen LogP contribution in [-0.2, 0) is 12.8 Å². The fourth-order valence-corrected chi connectivity index (χ4v) is 3.34. The van der Waals surface area contributed by atoms with Crippen LogP contribution in [0.1, 0.15) is 51.8 Å². The van der Waals surface area contributed by atoms with E-state index in [2.05, 4.69) is 10.5 Å². The van der Waals surface area contributed by atoms with Crippen molar-refractivity contribution in [3.63, 3.8) is 0 Å². The van der Waals surface area contributed by atoms with Gasteiger partial charge in [0, 0.05) is 18.5 Å². The molecule has 1 aromatic heterocycles. The topological polar surface area (TPSA) is 91.6 Å². The van der Waals surface area contributed by atoms with Gasteiger partial charge in [-0.25, -0.2) is 0 Å². The summed E-state index contributed by atoms with van der Waals surface area (Å²) >= 11 is 0. The third-order valence-electron chi connectivity index (χ3n) is 4.48. The first-order chi connectivity index (χ1) is 12.4. The van der Waals surface area contributed by atoms with Gasteiger partial charge in [0.1, 0.15) is 12.0 Å². The van der Waals surface area contributed by atoms with E-state index < -0.39 is 7.05 Å². The lowest BCUT2D eigenvalue weighted by Gasteiger charge is -2.14. The number of fused-ring (bicyclic) bond motifs is 1. The quantitative estimate of drug-likeness (QED) is 0.694. The SMILES string of the molecule is CB(O)NC(C)Cc1ccc(NC(=O)c2coc3c2C(=O)CCC3)cc1. The highest BCUT2D eigenvalue weighted by atomic mass is 16.3. The molecule has 1 aliphatic carbocycles. The van der Waals surface area contributed by atoms with E-state index in [1.807, 2.05) is 31.2 Å². The number of carbonyl (C=O) groups excluding carboxylic acids is 2. The zero-order valence-electron chi connectivity index (χ0n) is 15.0. The van der Waals surface area contributed by atoms with Gasteiger partial charge < -0.3 is 20.0 Å². The van der Waals surface area contributed by atoms with Crippen molar-refractivity contribution in [2.45, 2.75) is 45.5 Å². The average molecular weight is 354 g/mol. The summed E-state index contributed by atoms with van der Waals surface area (Å²) in [6.07, 6.45) is 4.07. The standard InChI is InChI=1S/C19H23BN2O4/c1-12(22-20(2)25)10-13-6-8-14(9-7-13)21-19(24)15-11-26-17-5-3-4-16(23)18(15)17/h6-9,11-12,22,25H,3-5,10H2,1-2H3,(H,21,24). The first kappa shape index (κ1) is 18.4. The number of hydrogen-bond acceptors (Lipinski definition) is 5. The molecule has 0 aliphatic heterocycles. The van der Waals surface area contributed by atoms with Crippen molar-refractivity contribution in [2.24, 2.45) is 0 Å². The lowest BCUT2D eigenvalue weighted by molar-refractivity contribution is 0.0955. The van der Waals surface area contributed by atoms with E-state index in [0.29, 0.717) is 35.4 Å². The molecular weight excluding hydrogens is 331 g/mol. The van der Waals surface area contributed by atoms with Gasteiger partial charge in [-0.05, 0) is 43.4 Å². The van der Waals surface area contributed by atoms with E-state index in [-0.39, 0.29) is 17.7 Å². The molecule has 0 bridgehead atoms. The number of ketones is 1. The first-order valence-electron chi connectivity index (χ1n) is 8.92. The summed E-state index contributed by atoms with van der Waals surface area (Å²) in [5.41, 5.74) is 2.50. The average Bonchev–Trinajstić information content (AvgIpc) is 3.01. The summed E-state index contributed by atoms with van der Waals surface area (Å²) < 4.78 is 5.40. The van der Waals surface area contributed by atoms with Crippen LogP contribution in [0.15, 0.2) is 34.9 Å². The molecule has 2 aromatic rings. The number of anilines is 1. The summed E-state index contributed by atoms with van der Waals surface area (Å²) in [5.74, 6) is 0.253. The molecule has 7 heteroatoms. The monoisotopic (exact) mass is 354 g/mol. The minimum atomic E-state index is -0.549. The number of benzene rings is 1. The van der Waals surface area contributed by atoms with E-state index in [9.17, 15) is 14.6 Å². The van der Waals surface area contributed by atoms with Crippen LogP contribution >= 0.6 is 0 Å². The molecule has 1 atom stereocenters. The second-order valence-electron chi connectivity index (χ2n) is 6.82. The van der Waals surface area contributed by atoms with E-state index in [1.54, 1.807) is 6.82 Å². The molecule has 1 aliphatic rings. The van der Waals surface area contributed by atoms with E-state index in [1.165, 1.54) is 6.26 Å². The second kappa shape index (κ2) is 7.89.